The highest BCUT2D eigenvalue weighted by Gasteiger charge is 2.39. The number of rotatable bonds is 11. The number of halogens is 3. The van der Waals surface area contributed by atoms with E-state index < -0.39 is 35.1 Å². The topological polar surface area (TPSA) is 75.6 Å². The Morgan fingerprint density at radius 3 is 2.37 bits per heavy atom. The van der Waals surface area contributed by atoms with Crippen LogP contribution in [0.4, 0.5) is 13.2 Å². The summed E-state index contributed by atoms with van der Waals surface area (Å²) in [6, 6.07) is 3.62. The van der Waals surface area contributed by atoms with E-state index in [-0.39, 0.29) is 23.3 Å². The molecular formula is C29H36F3NO4S. The van der Waals surface area contributed by atoms with Crippen molar-refractivity contribution in [1.29, 1.82) is 0 Å². The molecule has 9 heteroatoms. The molecule has 1 amide bonds. The Morgan fingerprint density at radius 2 is 1.82 bits per heavy atom. The van der Waals surface area contributed by atoms with Crippen molar-refractivity contribution in [3.05, 3.63) is 69.9 Å². The van der Waals surface area contributed by atoms with E-state index in [4.69, 9.17) is 4.74 Å². The summed E-state index contributed by atoms with van der Waals surface area (Å²) < 4.78 is 45.0. The predicted molar refractivity (Wildman–Crippen MR) is 143 cm³/mol. The van der Waals surface area contributed by atoms with Crippen LogP contribution >= 0.6 is 11.8 Å². The van der Waals surface area contributed by atoms with Gasteiger partial charge in [-0.1, -0.05) is 58.9 Å². The second-order valence-corrected chi connectivity index (χ2v) is 12.2. The highest BCUT2D eigenvalue weighted by molar-refractivity contribution is 8.04. The highest BCUT2D eigenvalue weighted by Crippen LogP contribution is 2.46. The van der Waals surface area contributed by atoms with Gasteiger partial charge in [-0.3, -0.25) is 4.79 Å². The molecule has 1 aliphatic carbocycles. The van der Waals surface area contributed by atoms with Gasteiger partial charge in [0, 0.05) is 5.25 Å². The van der Waals surface area contributed by atoms with Crippen LogP contribution in [0.5, 0.6) is 0 Å². The van der Waals surface area contributed by atoms with Crippen molar-refractivity contribution < 1.29 is 32.6 Å². The molecule has 0 spiro atoms. The van der Waals surface area contributed by atoms with E-state index in [1.54, 1.807) is 31.7 Å². The summed E-state index contributed by atoms with van der Waals surface area (Å²) in [4.78, 5) is 26.6. The molecule has 1 aliphatic heterocycles. The molecule has 0 radical (unpaired) electrons. The van der Waals surface area contributed by atoms with Gasteiger partial charge in [0.25, 0.3) is 5.91 Å². The molecule has 3 rings (SSSR count). The van der Waals surface area contributed by atoms with Gasteiger partial charge in [0.05, 0.1) is 17.1 Å². The highest BCUT2D eigenvalue weighted by atomic mass is 32.2. The number of nitrogens with one attached hydrogen (secondary N) is 1. The minimum absolute atomic E-state index is 0.0239. The van der Waals surface area contributed by atoms with Crippen molar-refractivity contribution >= 4 is 23.6 Å². The van der Waals surface area contributed by atoms with E-state index in [0.717, 1.165) is 25.0 Å². The molecule has 38 heavy (non-hydrogen) atoms. The third kappa shape index (κ3) is 7.24. The summed E-state index contributed by atoms with van der Waals surface area (Å²) in [5.41, 5.74) is -0.665. The monoisotopic (exact) mass is 551 g/mol. The van der Waals surface area contributed by atoms with Crippen LogP contribution in [-0.2, 0) is 27.1 Å². The standard InChI is InChI=1S/C29H36F3NO4S/c1-6-28(4,5)25(27(35)36)33-26(34)21-13-14-23-22(15-20(38-23)12-7-17(2)3)24(21)37-16-18-8-10-19(11-9-18)29(30,31)32/h8-11,13-15,17,22-23,25H,6-7,12,16H2,1-5H3,(H,33,34)(H,35,36)/t22?,23?,25-/m1/s1. The average molecular weight is 552 g/mol. The third-order valence-electron chi connectivity index (χ3n) is 7.13. The number of carbonyl (C=O) groups is 2. The van der Waals surface area contributed by atoms with Crippen LogP contribution in [0.15, 0.2) is 58.7 Å². The van der Waals surface area contributed by atoms with Gasteiger partial charge in [0.15, 0.2) is 0 Å². The zero-order chi connectivity index (χ0) is 28.3. The van der Waals surface area contributed by atoms with E-state index in [1.165, 1.54) is 17.0 Å². The molecule has 0 fully saturated rings. The maximum Gasteiger partial charge on any atom is 0.416 e. The number of carboxylic acids is 1. The van der Waals surface area contributed by atoms with E-state index in [1.807, 2.05) is 13.0 Å². The van der Waals surface area contributed by atoms with Crippen molar-refractivity contribution in [1.82, 2.24) is 5.32 Å². The molecule has 3 atom stereocenters. The first-order valence-electron chi connectivity index (χ1n) is 12.8. The van der Waals surface area contributed by atoms with Gasteiger partial charge >= 0.3 is 12.1 Å². The smallest absolute Gasteiger partial charge is 0.416 e. The number of thioether (sulfide) groups is 1. The van der Waals surface area contributed by atoms with Gasteiger partial charge in [-0.05, 0) is 59.3 Å². The lowest BCUT2D eigenvalue weighted by atomic mass is 9.81. The third-order valence-corrected chi connectivity index (χ3v) is 8.50. The fourth-order valence-electron chi connectivity index (χ4n) is 4.31. The molecule has 1 aromatic carbocycles. The lowest BCUT2D eigenvalue weighted by Crippen LogP contribution is -2.50. The van der Waals surface area contributed by atoms with Crippen LogP contribution in [-0.4, -0.2) is 28.3 Å². The molecule has 1 heterocycles. The van der Waals surface area contributed by atoms with Gasteiger partial charge in [-0.15, -0.1) is 11.8 Å². The molecule has 208 valence electrons. The lowest BCUT2D eigenvalue weighted by Gasteiger charge is -2.32. The average Bonchev–Trinajstić information content (AvgIpc) is 3.27. The maximum atomic E-state index is 13.4. The number of allylic oxidation sites excluding steroid dienone is 2. The van der Waals surface area contributed by atoms with Crippen molar-refractivity contribution in [2.45, 2.75) is 78.0 Å². The number of carboxylic acid groups (broad SMARTS) is 1. The predicted octanol–water partition coefficient (Wildman–Crippen LogP) is 7.10. The normalized spacial score (nSPS) is 20.3. The number of ether oxygens (including phenoxy) is 1. The van der Waals surface area contributed by atoms with E-state index >= 15 is 0 Å². The van der Waals surface area contributed by atoms with Gasteiger partial charge in [-0.25, -0.2) is 4.79 Å². The molecule has 2 N–H and O–H groups in total. The van der Waals surface area contributed by atoms with Crippen molar-refractivity contribution in [2.75, 3.05) is 0 Å². The van der Waals surface area contributed by atoms with E-state index in [0.29, 0.717) is 23.7 Å². The fraction of sp³-hybridized carbons (Fsp3) is 0.517. The molecule has 5 nitrogen and oxygen atoms in total. The Hall–Kier alpha value is -2.68. The summed E-state index contributed by atoms with van der Waals surface area (Å²) in [6.45, 7) is 9.73. The zero-order valence-corrected chi connectivity index (χ0v) is 23.2. The van der Waals surface area contributed by atoms with Crippen LogP contribution in [0.25, 0.3) is 0 Å². The first kappa shape index (κ1) is 29.9. The number of amides is 1. The van der Waals surface area contributed by atoms with Crippen LogP contribution in [0.1, 0.15) is 65.0 Å². The quantitative estimate of drug-likeness (QED) is 0.307. The Labute approximate surface area is 226 Å². The number of carbonyl (C=O) groups excluding carboxylic acids is 1. The molecule has 2 aliphatic rings. The number of fused-ring (bicyclic) bond motifs is 1. The largest absolute Gasteiger partial charge is 0.492 e. The zero-order valence-electron chi connectivity index (χ0n) is 22.4. The van der Waals surface area contributed by atoms with Crippen molar-refractivity contribution in [3.63, 3.8) is 0 Å². The Kier molecular flexibility index (Phi) is 9.44. The first-order chi connectivity index (χ1) is 17.7. The molecule has 0 saturated heterocycles. The maximum absolute atomic E-state index is 13.4. The van der Waals surface area contributed by atoms with E-state index in [2.05, 4.69) is 25.2 Å². The van der Waals surface area contributed by atoms with Gasteiger partial charge in [-0.2, -0.15) is 13.2 Å². The van der Waals surface area contributed by atoms with Crippen LogP contribution in [0, 0.1) is 17.3 Å². The summed E-state index contributed by atoms with van der Waals surface area (Å²) in [5, 5.41) is 12.5. The number of benzene rings is 1. The summed E-state index contributed by atoms with van der Waals surface area (Å²) >= 11 is 1.72. The van der Waals surface area contributed by atoms with Gasteiger partial charge in [0.2, 0.25) is 0 Å². The SMILES string of the molecule is CCC(C)(C)[C@H](NC(=O)C1=C(OCc2ccc(C(F)(F)F)cc2)C2C=C(CCC(C)C)SC2C=C1)C(=O)O. The van der Waals surface area contributed by atoms with Crippen LogP contribution < -0.4 is 5.32 Å². The van der Waals surface area contributed by atoms with Gasteiger partial charge in [0.1, 0.15) is 18.4 Å². The van der Waals surface area contributed by atoms with Crippen molar-refractivity contribution in [3.8, 4) is 0 Å². The first-order valence-corrected chi connectivity index (χ1v) is 13.7. The van der Waals surface area contributed by atoms with Crippen LogP contribution in [0.2, 0.25) is 0 Å². The fourth-order valence-corrected chi connectivity index (χ4v) is 5.63. The molecule has 0 bridgehead atoms. The van der Waals surface area contributed by atoms with E-state index in [9.17, 15) is 27.9 Å². The molecule has 1 aromatic rings. The number of hydrogen-bond acceptors (Lipinski definition) is 4. The number of aliphatic carboxylic acids is 1. The van der Waals surface area contributed by atoms with Crippen molar-refractivity contribution in [2.24, 2.45) is 17.3 Å². The number of alkyl halides is 3. The molecule has 0 aromatic heterocycles. The second-order valence-electron chi connectivity index (χ2n) is 10.9. The van der Waals surface area contributed by atoms with Gasteiger partial charge < -0.3 is 15.2 Å². The number of hydrogen-bond donors (Lipinski definition) is 2. The molecular weight excluding hydrogens is 515 g/mol. The summed E-state index contributed by atoms with van der Waals surface area (Å²) in [7, 11) is 0. The summed E-state index contributed by atoms with van der Waals surface area (Å²) in [5.74, 6) is -0.963. The Balaban J connectivity index is 1.91. The summed E-state index contributed by atoms with van der Waals surface area (Å²) in [6.07, 6.45) is 3.74. The minimum Gasteiger partial charge on any atom is -0.492 e. The Bertz CT molecular complexity index is 1120. The Morgan fingerprint density at radius 1 is 1.16 bits per heavy atom. The molecule has 2 unspecified atom stereocenters. The molecule has 0 saturated carbocycles. The second kappa shape index (κ2) is 12.0. The minimum atomic E-state index is -4.43. The lowest BCUT2D eigenvalue weighted by molar-refractivity contribution is -0.144. The van der Waals surface area contributed by atoms with Crippen LogP contribution in [0.3, 0.4) is 0 Å².